The van der Waals surface area contributed by atoms with Crippen molar-refractivity contribution in [2.75, 3.05) is 13.7 Å². The minimum Gasteiger partial charge on any atom is -0.593 e. The molecule has 1 atom stereocenters. The van der Waals surface area contributed by atoms with Crippen LogP contribution in [0, 0.1) is 0 Å². The van der Waals surface area contributed by atoms with E-state index >= 15 is 0 Å². The molecule has 23 heavy (non-hydrogen) atoms. The quantitative estimate of drug-likeness (QED) is 0.790. The van der Waals surface area contributed by atoms with Crippen LogP contribution < -0.4 is 9.88 Å². The highest BCUT2D eigenvalue weighted by Gasteiger charge is 2.25. The molecule has 0 radical (unpaired) electrons. The molecule has 0 aliphatic carbocycles. The van der Waals surface area contributed by atoms with Crippen molar-refractivity contribution >= 4 is 11.4 Å². The molecule has 0 heterocycles. The fourth-order valence-electron chi connectivity index (χ4n) is 2.34. The molecular weight excluding hydrogens is 310 g/mol. The van der Waals surface area contributed by atoms with Gasteiger partial charge < -0.3 is 14.0 Å². The molecule has 2 aromatic rings. The van der Waals surface area contributed by atoms with Crippen molar-refractivity contribution in [3.8, 4) is 5.75 Å². The van der Waals surface area contributed by atoms with Gasteiger partial charge in [0.2, 0.25) is 4.90 Å². The molecule has 0 saturated carbocycles. The van der Waals surface area contributed by atoms with Gasteiger partial charge in [-0.05, 0) is 17.2 Å². The van der Waals surface area contributed by atoms with Crippen LogP contribution in [0.25, 0.3) is 0 Å². The smallest absolute Gasteiger partial charge is 0.215 e. The molecule has 2 rings (SSSR count). The van der Waals surface area contributed by atoms with Gasteiger partial charge in [0.15, 0.2) is 5.75 Å². The monoisotopic (exact) mass is 333 g/mol. The molecule has 0 aliphatic rings. The summed E-state index contributed by atoms with van der Waals surface area (Å²) in [7, 11) is 1.54. The zero-order valence-corrected chi connectivity index (χ0v) is 14.6. The summed E-state index contributed by atoms with van der Waals surface area (Å²) in [5, 5.41) is 5.54. The summed E-state index contributed by atoms with van der Waals surface area (Å²) in [6.07, 6.45) is 0. The van der Waals surface area contributed by atoms with E-state index in [1.807, 2.05) is 42.5 Å². The lowest BCUT2D eigenvalue weighted by molar-refractivity contribution is 0.0824. The van der Waals surface area contributed by atoms with Gasteiger partial charge >= 0.3 is 0 Å². The first kappa shape index (κ1) is 17.8. The summed E-state index contributed by atoms with van der Waals surface area (Å²) in [6, 6.07) is 15.6. The Labute approximate surface area is 140 Å². The number of rotatable bonds is 7. The lowest BCUT2D eigenvalue weighted by Gasteiger charge is -2.26. The van der Waals surface area contributed by atoms with E-state index in [1.165, 1.54) is 0 Å². The molecule has 124 valence electrons. The fourth-order valence-corrected chi connectivity index (χ4v) is 2.93. The topological polar surface area (TPSA) is 67.5 Å². The molecule has 4 nitrogen and oxygen atoms in total. The average molecular weight is 333 g/mol. The van der Waals surface area contributed by atoms with Crippen molar-refractivity contribution in [3.63, 3.8) is 0 Å². The highest BCUT2D eigenvalue weighted by atomic mass is 32.2. The summed E-state index contributed by atoms with van der Waals surface area (Å²) in [5.74, 6) is 0.538. The van der Waals surface area contributed by atoms with Crippen LogP contribution in [0.1, 0.15) is 25.0 Å². The SMILES string of the molecule is COc1ccc(C(C)(C)COCc2ccccc2)cc1[S+](N)[O-]. The van der Waals surface area contributed by atoms with E-state index < -0.39 is 11.4 Å². The van der Waals surface area contributed by atoms with Crippen molar-refractivity contribution in [2.24, 2.45) is 5.14 Å². The molecule has 5 heteroatoms. The molecule has 1 unspecified atom stereocenters. The zero-order chi connectivity index (χ0) is 16.9. The number of benzene rings is 2. The Bertz CT molecular complexity index is 629. The lowest BCUT2D eigenvalue weighted by Crippen LogP contribution is -2.25. The fraction of sp³-hybridized carbons (Fsp3) is 0.333. The summed E-state index contributed by atoms with van der Waals surface area (Å²) in [6.45, 7) is 5.28. The van der Waals surface area contributed by atoms with Crippen LogP contribution in [0.2, 0.25) is 0 Å². The first-order valence-corrected chi connectivity index (χ1v) is 8.62. The zero-order valence-electron chi connectivity index (χ0n) is 13.7. The van der Waals surface area contributed by atoms with Crippen LogP contribution in [-0.4, -0.2) is 18.3 Å². The molecular formula is C18H23NO3S. The predicted molar refractivity (Wildman–Crippen MR) is 92.7 cm³/mol. The van der Waals surface area contributed by atoms with Crippen molar-refractivity contribution in [1.82, 2.24) is 0 Å². The van der Waals surface area contributed by atoms with Crippen molar-refractivity contribution in [2.45, 2.75) is 30.8 Å². The van der Waals surface area contributed by atoms with Crippen LogP contribution in [-0.2, 0) is 28.1 Å². The van der Waals surface area contributed by atoms with Gasteiger partial charge in [0, 0.05) is 11.5 Å². The number of hydrogen-bond acceptors (Lipinski definition) is 4. The first-order chi connectivity index (χ1) is 10.9. The molecule has 0 aromatic heterocycles. The minimum atomic E-state index is -1.59. The number of methoxy groups -OCH3 is 1. The van der Waals surface area contributed by atoms with Crippen molar-refractivity contribution in [3.05, 3.63) is 59.7 Å². The summed E-state index contributed by atoms with van der Waals surface area (Å²) >= 11 is -1.59. The predicted octanol–water partition coefficient (Wildman–Crippen LogP) is 3.17. The van der Waals surface area contributed by atoms with Gasteiger partial charge in [-0.1, -0.05) is 50.2 Å². The van der Waals surface area contributed by atoms with Crippen LogP contribution in [0.4, 0.5) is 0 Å². The maximum atomic E-state index is 11.7. The lowest BCUT2D eigenvalue weighted by atomic mass is 9.85. The van der Waals surface area contributed by atoms with E-state index in [0.29, 0.717) is 23.9 Å². The van der Waals surface area contributed by atoms with E-state index in [4.69, 9.17) is 14.6 Å². The normalized spacial score (nSPS) is 12.9. The second kappa shape index (κ2) is 7.84. The van der Waals surface area contributed by atoms with Gasteiger partial charge in [-0.25, -0.2) is 0 Å². The van der Waals surface area contributed by atoms with E-state index in [1.54, 1.807) is 13.2 Å². The molecule has 0 spiro atoms. The Hall–Kier alpha value is -1.53. The largest absolute Gasteiger partial charge is 0.593 e. The summed E-state index contributed by atoms with van der Waals surface area (Å²) < 4.78 is 22.7. The molecule has 0 aliphatic heterocycles. The Morgan fingerprint density at radius 1 is 1.13 bits per heavy atom. The molecule has 0 fully saturated rings. The van der Waals surface area contributed by atoms with E-state index in [2.05, 4.69) is 13.8 Å². The Morgan fingerprint density at radius 2 is 1.83 bits per heavy atom. The van der Waals surface area contributed by atoms with Gasteiger partial charge in [-0.3, -0.25) is 0 Å². The molecule has 0 amide bonds. The van der Waals surface area contributed by atoms with Gasteiger partial charge in [0.25, 0.3) is 0 Å². The number of nitrogens with two attached hydrogens (primary N) is 1. The van der Waals surface area contributed by atoms with Gasteiger partial charge in [-0.2, -0.15) is 0 Å². The van der Waals surface area contributed by atoms with Crippen LogP contribution in [0.15, 0.2) is 53.4 Å². The van der Waals surface area contributed by atoms with Crippen LogP contribution >= 0.6 is 0 Å². The highest BCUT2D eigenvalue weighted by molar-refractivity contribution is 7.89. The van der Waals surface area contributed by atoms with Crippen molar-refractivity contribution in [1.29, 1.82) is 0 Å². The Morgan fingerprint density at radius 3 is 2.43 bits per heavy atom. The third kappa shape index (κ3) is 4.72. The van der Waals surface area contributed by atoms with Gasteiger partial charge in [0.05, 0.1) is 31.7 Å². The maximum absolute atomic E-state index is 11.7. The number of ether oxygens (including phenoxy) is 2. The summed E-state index contributed by atoms with van der Waals surface area (Å²) in [5.41, 5.74) is 1.93. The summed E-state index contributed by atoms with van der Waals surface area (Å²) in [4.78, 5) is 0.501. The van der Waals surface area contributed by atoms with Crippen LogP contribution in [0.5, 0.6) is 5.75 Å². The highest BCUT2D eigenvalue weighted by Crippen LogP contribution is 2.30. The first-order valence-electron chi connectivity index (χ1n) is 7.40. The minimum absolute atomic E-state index is 0.227. The van der Waals surface area contributed by atoms with E-state index in [9.17, 15) is 4.55 Å². The maximum Gasteiger partial charge on any atom is 0.215 e. The van der Waals surface area contributed by atoms with E-state index in [0.717, 1.165) is 11.1 Å². The van der Waals surface area contributed by atoms with Crippen LogP contribution in [0.3, 0.4) is 0 Å². The standard InChI is InChI=1S/C18H23NO3S/c1-18(2,13-22-12-14-7-5-4-6-8-14)15-9-10-16(21-3)17(11-15)23(19)20/h4-11H,12-13,19H2,1-3H3. The molecule has 0 bridgehead atoms. The Balaban J connectivity index is 2.08. The van der Waals surface area contributed by atoms with Gasteiger partial charge in [0.1, 0.15) is 0 Å². The molecule has 0 saturated heterocycles. The second-order valence-electron chi connectivity index (χ2n) is 6.03. The molecule has 2 N–H and O–H groups in total. The third-order valence-corrected chi connectivity index (χ3v) is 4.49. The Kier molecular flexibility index (Phi) is 6.07. The van der Waals surface area contributed by atoms with E-state index in [-0.39, 0.29) is 5.41 Å². The van der Waals surface area contributed by atoms with Gasteiger partial charge in [-0.15, -0.1) is 5.14 Å². The third-order valence-electron chi connectivity index (χ3n) is 3.74. The molecule has 2 aromatic carbocycles. The average Bonchev–Trinajstić information content (AvgIpc) is 2.55. The van der Waals surface area contributed by atoms with Crippen molar-refractivity contribution < 1.29 is 14.0 Å². The number of hydrogen-bond donors (Lipinski definition) is 1. The second-order valence-corrected chi connectivity index (χ2v) is 7.06.